The van der Waals surface area contributed by atoms with Gasteiger partial charge in [-0.05, 0) is 18.1 Å². The summed E-state index contributed by atoms with van der Waals surface area (Å²) < 4.78 is 6.60. The van der Waals surface area contributed by atoms with Crippen LogP contribution in [0.2, 0.25) is 0 Å². The van der Waals surface area contributed by atoms with E-state index in [2.05, 4.69) is 41.9 Å². The van der Waals surface area contributed by atoms with Gasteiger partial charge in [-0.15, -0.1) is 0 Å². The van der Waals surface area contributed by atoms with Crippen molar-refractivity contribution in [1.82, 2.24) is 0 Å². The maximum atomic E-state index is 5.42. The van der Waals surface area contributed by atoms with E-state index in [0.29, 0.717) is 5.92 Å². The van der Waals surface area contributed by atoms with Crippen LogP contribution in [0.4, 0.5) is 0 Å². The van der Waals surface area contributed by atoms with E-state index in [1.165, 1.54) is 10.1 Å². The first-order valence-corrected chi connectivity index (χ1v) is 5.09. The predicted octanol–water partition coefficient (Wildman–Crippen LogP) is 3.27. The quantitative estimate of drug-likeness (QED) is 0.708. The maximum absolute atomic E-state index is 5.42. The first-order chi connectivity index (χ1) is 5.69. The Kier molecular flexibility index (Phi) is 3.53. The molecule has 0 saturated carbocycles. The summed E-state index contributed by atoms with van der Waals surface area (Å²) in [5, 5.41) is 0. The molecule has 68 valence electrons. The number of ether oxygens (including phenoxy) is 1. The van der Waals surface area contributed by atoms with Crippen LogP contribution in [0.3, 0.4) is 0 Å². The number of allylic oxidation sites excluding steroid dienone is 2. The topological polar surface area (TPSA) is 9.23 Å². The van der Waals surface area contributed by atoms with Crippen molar-refractivity contribution in [3.05, 3.63) is 22.2 Å². The number of hydrogen-bond donors (Lipinski definition) is 0. The van der Waals surface area contributed by atoms with Crippen molar-refractivity contribution in [2.24, 2.45) is 5.92 Å². The monoisotopic (exact) mass is 230 g/mol. The second-order valence-electron chi connectivity index (χ2n) is 3.14. The van der Waals surface area contributed by atoms with E-state index in [1.54, 1.807) is 7.11 Å². The molecule has 0 heterocycles. The van der Waals surface area contributed by atoms with Crippen molar-refractivity contribution >= 4 is 15.9 Å². The third-order valence-electron chi connectivity index (χ3n) is 2.25. The van der Waals surface area contributed by atoms with E-state index in [1.807, 2.05) is 0 Å². The standard InChI is InChI=1S/C10H15BrO/c1-4-8-6-9(11)5-7(2)10(8)12-3/h5-7,10H,4H2,1-3H3. The molecule has 2 unspecified atom stereocenters. The summed E-state index contributed by atoms with van der Waals surface area (Å²) in [6, 6.07) is 0. The lowest BCUT2D eigenvalue weighted by Gasteiger charge is -2.26. The Morgan fingerprint density at radius 3 is 2.75 bits per heavy atom. The summed E-state index contributed by atoms with van der Waals surface area (Å²) in [5.74, 6) is 0.476. The molecule has 0 aromatic rings. The Bertz CT molecular complexity index is 218. The SMILES string of the molecule is CCC1=CC(Br)=CC(C)C1OC. The van der Waals surface area contributed by atoms with Crippen LogP contribution in [-0.4, -0.2) is 13.2 Å². The molecule has 12 heavy (non-hydrogen) atoms. The molecule has 1 nitrogen and oxygen atoms in total. The molecule has 0 saturated heterocycles. The molecule has 0 N–H and O–H groups in total. The molecule has 0 aliphatic heterocycles. The normalized spacial score (nSPS) is 29.7. The van der Waals surface area contributed by atoms with Gasteiger partial charge in [0.2, 0.25) is 0 Å². The molecule has 0 aromatic carbocycles. The molecular formula is C10H15BrO. The van der Waals surface area contributed by atoms with Gasteiger partial charge in [0.05, 0.1) is 6.10 Å². The number of halogens is 1. The molecule has 2 atom stereocenters. The van der Waals surface area contributed by atoms with Gasteiger partial charge < -0.3 is 4.74 Å². The summed E-state index contributed by atoms with van der Waals surface area (Å²) in [6.07, 6.45) is 5.68. The zero-order valence-electron chi connectivity index (χ0n) is 7.80. The largest absolute Gasteiger partial charge is 0.376 e. The minimum atomic E-state index is 0.274. The van der Waals surface area contributed by atoms with Crippen LogP contribution < -0.4 is 0 Å². The summed E-state index contributed by atoms with van der Waals surface area (Å²) in [7, 11) is 1.78. The third kappa shape index (κ3) is 1.99. The fraction of sp³-hybridized carbons (Fsp3) is 0.600. The summed E-state index contributed by atoms with van der Waals surface area (Å²) in [4.78, 5) is 0. The molecule has 0 fully saturated rings. The van der Waals surface area contributed by atoms with E-state index in [4.69, 9.17) is 4.74 Å². The first-order valence-electron chi connectivity index (χ1n) is 4.29. The number of methoxy groups -OCH3 is 1. The lowest BCUT2D eigenvalue weighted by Crippen LogP contribution is -2.23. The van der Waals surface area contributed by atoms with Gasteiger partial charge in [-0.3, -0.25) is 0 Å². The lowest BCUT2D eigenvalue weighted by atomic mass is 9.91. The molecule has 1 aliphatic carbocycles. The fourth-order valence-corrected chi connectivity index (χ4v) is 2.36. The zero-order valence-corrected chi connectivity index (χ0v) is 9.39. The Labute approximate surface area is 82.6 Å². The molecular weight excluding hydrogens is 216 g/mol. The van der Waals surface area contributed by atoms with Gasteiger partial charge in [0.25, 0.3) is 0 Å². The second-order valence-corrected chi connectivity index (χ2v) is 4.06. The maximum Gasteiger partial charge on any atom is 0.0844 e. The van der Waals surface area contributed by atoms with Crippen LogP contribution in [0.15, 0.2) is 22.2 Å². The van der Waals surface area contributed by atoms with Crippen LogP contribution >= 0.6 is 15.9 Å². The Balaban J connectivity index is 2.85. The van der Waals surface area contributed by atoms with Crippen molar-refractivity contribution in [2.75, 3.05) is 7.11 Å². The summed E-state index contributed by atoms with van der Waals surface area (Å²) in [6.45, 7) is 4.34. The summed E-state index contributed by atoms with van der Waals surface area (Å²) >= 11 is 3.50. The van der Waals surface area contributed by atoms with E-state index in [-0.39, 0.29) is 6.10 Å². The predicted molar refractivity (Wildman–Crippen MR) is 55.3 cm³/mol. The van der Waals surface area contributed by atoms with Crippen molar-refractivity contribution < 1.29 is 4.74 Å². The Morgan fingerprint density at radius 2 is 2.25 bits per heavy atom. The number of hydrogen-bond acceptors (Lipinski definition) is 1. The summed E-state index contributed by atoms with van der Waals surface area (Å²) in [5.41, 5.74) is 1.37. The van der Waals surface area contributed by atoms with Gasteiger partial charge in [-0.25, -0.2) is 0 Å². The highest BCUT2D eigenvalue weighted by Gasteiger charge is 2.21. The van der Waals surface area contributed by atoms with Crippen LogP contribution in [0.5, 0.6) is 0 Å². The van der Waals surface area contributed by atoms with Gasteiger partial charge in [-0.1, -0.05) is 35.9 Å². The van der Waals surface area contributed by atoms with Gasteiger partial charge in [-0.2, -0.15) is 0 Å². The first kappa shape index (κ1) is 10.0. The number of rotatable bonds is 2. The van der Waals surface area contributed by atoms with Gasteiger partial charge in [0.15, 0.2) is 0 Å². The highest BCUT2D eigenvalue weighted by Crippen LogP contribution is 2.29. The molecule has 0 radical (unpaired) electrons. The highest BCUT2D eigenvalue weighted by atomic mass is 79.9. The van der Waals surface area contributed by atoms with Gasteiger partial charge in [0, 0.05) is 17.5 Å². The van der Waals surface area contributed by atoms with Crippen molar-refractivity contribution in [3.63, 3.8) is 0 Å². The molecule has 0 spiro atoms. The average molecular weight is 231 g/mol. The molecule has 0 aromatic heterocycles. The molecule has 0 bridgehead atoms. The van der Waals surface area contributed by atoms with Crippen molar-refractivity contribution in [3.8, 4) is 0 Å². The Morgan fingerprint density at radius 1 is 1.58 bits per heavy atom. The van der Waals surface area contributed by atoms with E-state index >= 15 is 0 Å². The van der Waals surface area contributed by atoms with Crippen LogP contribution in [0, 0.1) is 5.92 Å². The van der Waals surface area contributed by atoms with Crippen LogP contribution in [0.25, 0.3) is 0 Å². The second kappa shape index (κ2) is 4.24. The minimum absolute atomic E-state index is 0.274. The van der Waals surface area contributed by atoms with Crippen molar-refractivity contribution in [2.45, 2.75) is 26.4 Å². The fourth-order valence-electron chi connectivity index (χ4n) is 1.65. The molecule has 1 aliphatic rings. The van der Waals surface area contributed by atoms with Crippen molar-refractivity contribution in [1.29, 1.82) is 0 Å². The molecule has 2 heteroatoms. The molecule has 1 rings (SSSR count). The third-order valence-corrected chi connectivity index (χ3v) is 2.74. The average Bonchev–Trinajstić information content (AvgIpc) is 2.03. The van der Waals surface area contributed by atoms with Gasteiger partial charge in [0.1, 0.15) is 0 Å². The zero-order chi connectivity index (χ0) is 9.14. The Hall–Kier alpha value is -0.0800. The van der Waals surface area contributed by atoms with Crippen LogP contribution in [-0.2, 0) is 4.74 Å². The van der Waals surface area contributed by atoms with E-state index in [0.717, 1.165) is 6.42 Å². The highest BCUT2D eigenvalue weighted by molar-refractivity contribution is 9.11. The minimum Gasteiger partial charge on any atom is -0.376 e. The lowest BCUT2D eigenvalue weighted by molar-refractivity contribution is 0.0995. The van der Waals surface area contributed by atoms with E-state index < -0.39 is 0 Å². The van der Waals surface area contributed by atoms with E-state index in [9.17, 15) is 0 Å². The smallest absolute Gasteiger partial charge is 0.0844 e. The van der Waals surface area contributed by atoms with Gasteiger partial charge >= 0.3 is 0 Å². The van der Waals surface area contributed by atoms with Crippen LogP contribution in [0.1, 0.15) is 20.3 Å². The molecule has 0 amide bonds.